The highest BCUT2D eigenvalue weighted by Crippen LogP contribution is 2.24. The number of aromatic nitrogens is 2. The van der Waals surface area contributed by atoms with Crippen LogP contribution in [0.15, 0.2) is 15.7 Å². The Morgan fingerprint density at radius 2 is 1.83 bits per heavy atom. The molecule has 0 atom stereocenters. The first-order chi connectivity index (χ1) is 10.9. The number of aliphatic hydroxyl groups is 1. The van der Waals surface area contributed by atoms with E-state index in [0.29, 0.717) is 23.3 Å². The highest BCUT2D eigenvalue weighted by atomic mass is 16.2. The third-order valence-corrected chi connectivity index (χ3v) is 3.77. The van der Waals surface area contributed by atoms with E-state index in [1.807, 2.05) is 14.0 Å². The third kappa shape index (κ3) is 4.43. The largest absolute Gasteiger partial charge is 0.400 e. The van der Waals surface area contributed by atoms with Crippen LogP contribution in [0.2, 0.25) is 0 Å². The van der Waals surface area contributed by atoms with Crippen molar-refractivity contribution < 1.29 is 5.11 Å². The van der Waals surface area contributed by atoms with E-state index in [1.54, 1.807) is 6.07 Å². The van der Waals surface area contributed by atoms with Crippen LogP contribution < -0.4 is 16.9 Å². The van der Waals surface area contributed by atoms with Gasteiger partial charge in [0.1, 0.15) is 0 Å². The molecule has 0 saturated carbocycles. The SMILES string of the molecule is CCCCN(C)Cc1c(C)c(N)cc2[nH]c(=O)c(=O)[nH]c12.CO. The van der Waals surface area contributed by atoms with Gasteiger partial charge in [-0.3, -0.25) is 9.59 Å². The van der Waals surface area contributed by atoms with Crippen molar-refractivity contribution in [1.82, 2.24) is 14.9 Å². The van der Waals surface area contributed by atoms with Gasteiger partial charge in [-0.15, -0.1) is 0 Å². The number of nitrogen functional groups attached to an aromatic ring is 1. The molecule has 0 aliphatic rings. The lowest BCUT2D eigenvalue weighted by Gasteiger charge is -2.20. The summed E-state index contributed by atoms with van der Waals surface area (Å²) in [6.45, 7) is 5.73. The number of aliphatic hydroxyl groups excluding tert-OH is 1. The predicted octanol–water partition coefficient (Wildman–Crippen LogP) is 0.947. The fourth-order valence-electron chi connectivity index (χ4n) is 2.43. The molecule has 1 aromatic heterocycles. The van der Waals surface area contributed by atoms with E-state index < -0.39 is 11.1 Å². The molecule has 0 radical (unpaired) electrons. The van der Waals surface area contributed by atoms with Crippen LogP contribution in [0.5, 0.6) is 0 Å². The number of nitrogens with two attached hydrogens (primary N) is 1. The topological polar surface area (TPSA) is 115 Å². The maximum atomic E-state index is 11.6. The summed E-state index contributed by atoms with van der Waals surface area (Å²) >= 11 is 0. The third-order valence-electron chi connectivity index (χ3n) is 3.77. The molecule has 1 aromatic carbocycles. The van der Waals surface area contributed by atoms with Gasteiger partial charge in [0.2, 0.25) is 0 Å². The molecule has 5 N–H and O–H groups in total. The molecular formula is C16H26N4O3. The van der Waals surface area contributed by atoms with Crippen LogP contribution in [-0.4, -0.2) is 40.7 Å². The Morgan fingerprint density at radius 1 is 1.22 bits per heavy atom. The summed E-state index contributed by atoms with van der Waals surface area (Å²) in [5.41, 5.74) is 8.47. The van der Waals surface area contributed by atoms with Gasteiger partial charge in [0.25, 0.3) is 0 Å². The van der Waals surface area contributed by atoms with E-state index in [0.717, 1.165) is 37.6 Å². The molecule has 2 aromatic rings. The molecule has 1 heterocycles. The Bertz CT molecular complexity index is 764. The summed E-state index contributed by atoms with van der Waals surface area (Å²) in [4.78, 5) is 30.5. The lowest BCUT2D eigenvalue weighted by Crippen LogP contribution is -2.30. The predicted molar refractivity (Wildman–Crippen MR) is 93.7 cm³/mol. The second-order valence-corrected chi connectivity index (χ2v) is 5.49. The van der Waals surface area contributed by atoms with Crippen molar-refractivity contribution in [2.45, 2.75) is 33.2 Å². The normalized spacial score (nSPS) is 10.7. The van der Waals surface area contributed by atoms with E-state index >= 15 is 0 Å². The molecule has 0 saturated heterocycles. The molecule has 23 heavy (non-hydrogen) atoms. The minimum atomic E-state index is -0.656. The second kappa shape index (κ2) is 8.50. The maximum Gasteiger partial charge on any atom is 0.314 e. The van der Waals surface area contributed by atoms with E-state index in [9.17, 15) is 9.59 Å². The molecule has 0 fully saturated rings. The fraction of sp³-hybridized carbons (Fsp3) is 0.500. The van der Waals surface area contributed by atoms with E-state index in [4.69, 9.17) is 10.8 Å². The Morgan fingerprint density at radius 3 is 2.43 bits per heavy atom. The number of benzene rings is 1. The minimum absolute atomic E-state index is 0.571. The average Bonchev–Trinajstić information content (AvgIpc) is 2.54. The number of nitrogens with zero attached hydrogens (tertiary/aromatic N) is 1. The zero-order chi connectivity index (χ0) is 17.6. The molecule has 7 nitrogen and oxygen atoms in total. The molecule has 128 valence electrons. The quantitative estimate of drug-likeness (QED) is 0.483. The number of rotatable bonds is 5. The van der Waals surface area contributed by atoms with Gasteiger partial charge >= 0.3 is 11.1 Å². The van der Waals surface area contributed by atoms with Crippen LogP contribution in [0.1, 0.15) is 30.9 Å². The number of unbranched alkanes of at least 4 members (excludes halogenated alkanes) is 1. The van der Waals surface area contributed by atoms with Gasteiger partial charge in [-0.2, -0.15) is 0 Å². The molecule has 0 bridgehead atoms. The summed E-state index contributed by atoms with van der Waals surface area (Å²) in [5.74, 6) is 0. The lowest BCUT2D eigenvalue weighted by atomic mass is 10.0. The van der Waals surface area contributed by atoms with Crippen LogP contribution in [0.4, 0.5) is 5.69 Å². The first-order valence-electron chi connectivity index (χ1n) is 7.61. The number of H-pyrrole nitrogens is 2. The van der Waals surface area contributed by atoms with Crippen LogP contribution in [0.25, 0.3) is 11.0 Å². The van der Waals surface area contributed by atoms with Crippen molar-refractivity contribution in [2.75, 3.05) is 26.4 Å². The zero-order valence-corrected chi connectivity index (χ0v) is 14.2. The number of fused-ring (bicyclic) bond motifs is 1. The molecule has 0 aliphatic carbocycles. The summed E-state index contributed by atoms with van der Waals surface area (Å²) in [6, 6.07) is 1.69. The van der Waals surface area contributed by atoms with Crippen molar-refractivity contribution in [3.05, 3.63) is 37.9 Å². The van der Waals surface area contributed by atoms with Gasteiger partial charge in [0.05, 0.1) is 11.0 Å². The van der Waals surface area contributed by atoms with Gasteiger partial charge in [-0.05, 0) is 44.1 Å². The maximum absolute atomic E-state index is 11.6. The standard InChI is InChI=1S/C15H22N4O2.CH4O/c1-4-5-6-19(3)8-10-9(2)11(16)7-12-13(10)18-15(21)14(20)17-12;1-2/h7H,4-6,8,16H2,1-3H3,(H,17,20)(H,18,21);2H,1H3. The van der Waals surface area contributed by atoms with Gasteiger partial charge in [-0.25, -0.2) is 0 Å². The van der Waals surface area contributed by atoms with Crippen LogP contribution in [0.3, 0.4) is 0 Å². The number of aromatic amines is 2. The first-order valence-corrected chi connectivity index (χ1v) is 7.61. The Kier molecular flexibility index (Phi) is 6.99. The van der Waals surface area contributed by atoms with Crippen molar-refractivity contribution in [2.24, 2.45) is 0 Å². The second-order valence-electron chi connectivity index (χ2n) is 5.49. The summed E-state index contributed by atoms with van der Waals surface area (Å²) < 4.78 is 0. The van der Waals surface area contributed by atoms with Gasteiger partial charge in [0.15, 0.2) is 0 Å². The van der Waals surface area contributed by atoms with Crippen LogP contribution >= 0.6 is 0 Å². The van der Waals surface area contributed by atoms with Gasteiger partial charge in [0, 0.05) is 19.3 Å². The van der Waals surface area contributed by atoms with Crippen molar-refractivity contribution in [1.29, 1.82) is 0 Å². The number of anilines is 1. The van der Waals surface area contributed by atoms with Gasteiger partial charge < -0.3 is 25.7 Å². The smallest absolute Gasteiger partial charge is 0.314 e. The van der Waals surface area contributed by atoms with Crippen LogP contribution in [-0.2, 0) is 6.54 Å². The Balaban J connectivity index is 0.00000127. The average molecular weight is 322 g/mol. The zero-order valence-electron chi connectivity index (χ0n) is 14.2. The number of nitrogens with one attached hydrogen (secondary N) is 2. The van der Waals surface area contributed by atoms with E-state index in [2.05, 4.69) is 21.8 Å². The molecule has 0 aliphatic heterocycles. The number of hydrogen-bond acceptors (Lipinski definition) is 5. The number of hydrogen-bond donors (Lipinski definition) is 4. The summed E-state index contributed by atoms with van der Waals surface area (Å²) in [7, 11) is 3.04. The molecule has 7 heteroatoms. The van der Waals surface area contributed by atoms with Crippen LogP contribution in [0, 0.1) is 6.92 Å². The Labute approximate surface area is 135 Å². The summed E-state index contributed by atoms with van der Waals surface area (Å²) in [5, 5.41) is 7.00. The monoisotopic (exact) mass is 322 g/mol. The minimum Gasteiger partial charge on any atom is -0.400 e. The van der Waals surface area contributed by atoms with E-state index in [1.165, 1.54) is 0 Å². The fourth-order valence-corrected chi connectivity index (χ4v) is 2.43. The highest BCUT2D eigenvalue weighted by molar-refractivity contribution is 5.83. The molecular weight excluding hydrogens is 296 g/mol. The van der Waals surface area contributed by atoms with Gasteiger partial charge in [-0.1, -0.05) is 13.3 Å². The van der Waals surface area contributed by atoms with E-state index in [-0.39, 0.29) is 0 Å². The molecule has 0 spiro atoms. The van der Waals surface area contributed by atoms with Crippen molar-refractivity contribution >= 4 is 16.7 Å². The van der Waals surface area contributed by atoms with Crippen molar-refractivity contribution in [3.8, 4) is 0 Å². The van der Waals surface area contributed by atoms with Crippen molar-refractivity contribution in [3.63, 3.8) is 0 Å². The highest BCUT2D eigenvalue weighted by Gasteiger charge is 2.13. The Hall–Kier alpha value is -2.12. The lowest BCUT2D eigenvalue weighted by molar-refractivity contribution is 0.321. The molecule has 0 unspecified atom stereocenters. The first kappa shape index (κ1) is 18.9. The molecule has 2 rings (SSSR count). The summed E-state index contributed by atoms with van der Waals surface area (Å²) in [6.07, 6.45) is 2.24. The molecule has 0 amide bonds.